The topological polar surface area (TPSA) is 69.7 Å². The summed E-state index contributed by atoms with van der Waals surface area (Å²) < 4.78 is 19.2. The van der Waals surface area contributed by atoms with Crippen LogP contribution in [0, 0.1) is 19.7 Å². The highest BCUT2D eigenvalue weighted by Crippen LogP contribution is 2.23. The molecule has 1 aromatic carbocycles. The molecule has 1 unspecified atom stereocenters. The number of benzene rings is 1. The number of pyridine rings is 1. The van der Waals surface area contributed by atoms with E-state index in [0.29, 0.717) is 35.0 Å². The average Bonchev–Trinajstić information content (AvgIpc) is 3.40. The van der Waals surface area contributed by atoms with Crippen molar-refractivity contribution in [2.45, 2.75) is 71.1 Å². The van der Waals surface area contributed by atoms with Crippen LogP contribution in [0.25, 0.3) is 0 Å². The molecule has 38 heavy (non-hydrogen) atoms. The molecule has 3 heterocycles. The van der Waals surface area contributed by atoms with E-state index in [9.17, 15) is 9.18 Å². The van der Waals surface area contributed by atoms with Crippen LogP contribution < -0.4 is 10.6 Å². The van der Waals surface area contributed by atoms with Crippen molar-refractivity contribution >= 4 is 23.2 Å². The van der Waals surface area contributed by atoms with Crippen molar-refractivity contribution in [3.8, 4) is 0 Å². The first-order valence-corrected chi connectivity index (χ1v) is 14.2. The zero-order chi connectivity index (χ0) is 27.1. The lowest BCUT2D eigenvalue weighted by Gasteiger charge is -2.41. The number of ether oxygens (including phenoxy) is 1. The fourth-order valence-electron chi connectivity index (χ4n) is 5.64. The Labute approximate surface area is 231 Å². The SMILES string of the molecule is Cc1cc(Cl)nc(C)c1C(=O)NCC[C@@H](C)N1CCC(N(CNc2ccc(F)cc2)CC2CCCO2)CC1. The van der Waals surface area contributed by atoms with Crippen LogP contribution in [0.1, 0.15) is 60.6 Å². The minimum Gasteiger partial charge on any atom is -0.377 e. The summed E-state index contributed by atoms with van der Waals surface area (Å²) >= 11 is 6.01. The number of carbonyl (C=O) groups is 1. The molecular weight excluding hydrogens is 505 g/mol. The molecule has 7 nitrogen and oxygen atoms in total. The second kappa shape index (κ2) is 13.7. The Morgan fingerprint density at radius 1 is 1.24 bits per heavy atom. The molecule has 0 radical (unpaired) electrons. The quantitative estimate of drug-likeness (QED) is 0.305. The predicted octanol–water partition coefficient (Wildman–Crippen LogP) is 5.01. The predicted molar refractivity (Wildman–Crippen MR) is 150 cm³/mol. The number of aromatic nitrogens is 1. The van der Waals surface area contributed by atoms with Crippen LogP contribution in [0.5, 0.6) is 0 Å². The lowest BCUT2D eigenvalue weighted by atomic mass is 10.0. The normalized spacial score (nSPS) is 19.6. The number of hydrogen-bond donors (Lipinski definition) is 2. The van der Waals surface area contributed by atoms with Gasteiger partial charge in [-0.25, -0.2) is 9.37 Å². The number of hydrogen-bond acceptors (Lipinski definition) is 6. The molecule has 4 rings (SSSR count). The summed E-state index contributed by atoms with van der Waals surface area (Å²) in [5, 5.41) is 6.96. The lowest BCUT2D eigenvalue weighted by molar-refractivity contribution is 0.0363. The molecule has 9 heteroatoms. The number of nitrogens with zero attached hydrogens (tertiary/aromatic N) is 3. The van der Waals surface area contributed by atoms with E-state index in [1.54, 1.807) is 18.2 Å². The highest BCUT2D eigenvalue weighted by atomic mass is 35.5. The van der Waals surface area contributed by atoms with Gasteiger partial charge in [0.15, 0.2) is 0 Å². The molecule has 0 spiro atoms. The molecule has 0 aliphatic carbocycles. The van der Waals surface area contributed by atoms with E-state index < -0.39 is 0 Å². The number of piperidine rings is 1. The fourth-order valence-corrected chi connectivity index (χ4v) is 5.93. The molecule has 2 aromatic rings. The summed E-state index contributed by atoms with van der Waals surface area (Å²) in [7, 11) is 0. The van der Waals surface area contributed by atoms with E-state index in [2.05, 4.69) is 32.3 Å². The van der Waals surface area contributed by atoms with Crippen LogP contribution in [-0.2, 0) is 4.74 Å². The maximum Gasteiger partial charge on any atom is 0.253 e. The Kier molecular flexibility index (Phi) is 10.4. The van der Waals surface area contributed by atoms with E-state index in [0.717, 1.165) is 76.3 Å². The Morgan fingerprint density at radius 3 is 2.63 bits per heavy atom. The smallest absolute Gasteiger partial charge is 0.253 e. The number of likely N-dealkylation sites (tertiary alicyclic amines) is 1. The zero-order valence-electron chi connectivity index (χ0n) is 22.8. The van der Waals surface area contributed by atoms with Gasteiger partial charge >= 0.3 is 0 Å². The molecular formula is C29H41ClFN5O2. The van der Waals surface area contributed by atoms with Crippen LogP contribution in [0.15, 0.2) is 30.3 Å². The highest BCUT2D eigenvalue weighted by molar-refractivity contribution is 6.29. The molecule has 0 saturated carbocycles. The van der Waals surface area contributed by atoms with Gasteiger partial charge in [-0.3, -0.25) is 9.69 Å². The maximum absolute atomic E-state index is 13.3. The van der Waals surface area contributed by atoms with Gasteiger partial charge in [-0.15, -0.1) is 0 Å². The van der Waals surface area contributed by atoms with E-state index >= 15 is 0 Å². The van der Waals surface area contributed by atoms with Crippen LogP contribution in [-0.4, -0.2) is 78.3 Å². The Bertz CT molecular complexity index is 1030. The summed E-state index contributed by atoms with van der Waals surface area (Å²) in [6.07, 6.45) is 5.59. The van der Waals surface area contributed by atoms with Crippen molar-refractivity contribution in [3.63, 3.8) is 0 Å². The molecule has 1 amide bonds. The van der Waals surface area contributed by atoms with Gasteiger partial charge < -0.3 is 20.3 Å². The van der Waals surface area contributed by atoms with Gasteiger partial charge in [-0.1, -0.05) is 11.6 Å². The third-order valence-corrected chi connectivity index (χ3v) is 8.07. The summed E-state index contributed by atoms with van der Waals surface area (Å²) in [6.45, 7) is 11.1. The number of halogens is 2. The lowest BCUT2D eigenvalue weighted by Crippen LogP contribution is -2.50. The van der Waals surface area contributed by atoms with Gasteiger partial charge in [0, 0.05) is 37.5 Å². The van der Waals surface area contributed by atoms with Gasteiger partial charge in [0.25, 0.3) is 5.91 Å². The molecule has 1 aromatic heterocycles. The fraction of sp³-hybridized carbons (Fsp3) is 0.586. The van der Waals surface area contributed by atoms with E-state index in [1.165, 1.54) is 12.1 Å². The van der Waals surface area contributed by atoms with Crippen molar-refractivity contribution in [1.29, 1.82) is 0 Å². The second-order valence-electron chi connectivity index (χ2n) is 10.6. The standard InChI is InChI=1S/C29H41ClFN5O2/c1-20-17-27(30)34-22(3)28(20)29(37)32-13-10-21(2)35-14-11-25(12-15-35)36(18-26-5-4-16-38-26)19-33-24-8-6-23(31)7-9-24/h6-9,17,21,25-26,33H,4-5,10-16,18-19H2,1-3H3,(H,32,37)/t21-,26?/m1/s1. The number of carbonyl (C=O) groups excluding carboxylic acids is 1. The van der Waals surface area contributed by atoms with Gasteiger partial charge in [0.1, 0.15) is 11.0 Å². The van der Waals surface area contributed by atoms with Crippen LogP contribution in [0.4, 0.5) is 10.1 Å². The molecule has 2 aliphatic heterocycles. The third-order valence-electron chi connectivity index (χ3n) is 7.87. The van der Waals surface area contributed by atoms with Crippen molar-refractivity contribution in [1.82, 2.24) is 20.1 Å². The molecule has 2 fully saturated rings. The molecule has 2 aliphatic rings. The Hall–Kier alpha value is -2.26. The molecule has 0 bridgehead atoms. The minimum atomic E-state index is -0.222. The first-order chi connectivity index (χ1) is 18.3. The number of anilines is 1. The van der Waals surface area contributed by atoms with Crippen LogP contribution in [0.2, 0.25) is 5.15 Å². The number of nitrogens with one attached hydrogen (secondary N) is 2. The monoisotopic (exact) mass is 545 g/mol. The maximum atomic E-state index is 13.3. The van der Waals surface area contributed by atoms with Crippen LogP contribution in [0.3, 0.4) is 0 Å². The van der Waals surface area contributed by atoms with Gasteiger partial charge in [-0.2, -0.15) is 0 Å². The third kappa shape index (κ3) is 7.88. The molecule has 2 atom stereocenters. The van der Waals surface area contributed by atoms with Gasteiger partial charge in [0.2, 0.25) is 0 Å². The van der Waals surface area contributed by atoms with Crippen molar-refractivity contribution in [2.75, 3.05) is 44.8 Å². The second-order valence-corrected chi connectivity index (χ2v) is 11.0. The minimum absolute atomic E-state index is 0.0893. The highest BCUT2D eigenvalue weighted by Gasteiger charge is 2.29. The average molecular weight is 546 g/mol. The molecule has 2 saturated heterocycles. The Morgan fingerprint density at radius 2 is 1.97 bits per heavy atom. The summed E-state index contributed by atoms with van der Waals surface area (Å²) in [6, 6.07) is 9.13. The van der Waals surface area contributed by atoms with Crippen molar-refractivity contribution in [3.05, 3.63) is 58.1 Å². The summed E-state index contributed by atoms with van der Waals surface area (Å²) in [4.78, 5) is 22.0. The number of rotatable bonds is 11. The van der Waals surface area contributed by atoms with E-state index in [4.69, 9.17) is 16.3 Å². The zero-order valence-corrected chi connectivity index (χ0v) is 23.6. The van der Waals surface area contributed by atoms with Crippen molar-refractivity contribution < 1.29 is 13.9 Å². The van der Waals surface area contributed by atoms with Gasteiger partial charge in [0.05, 0.1) is 24.0 Å². The number of aryl methyl sites for hydroxylation is 2. The molecule has 2 N–H and O–H groups in total. The van der Waals surface area contributed by atoms with Crippen molar-refractivity contribution in [2.24, 2.45) is 0 Å². The number of amides is 1. The summed E-state index contributed by atoms with van der Waals surface area (Å²) in [5.41, 5.74) is 3.04. The van der Waals surface area contributed by atoms with Crippen LogP contribution >= 0.6 is 11.6 Å². The summed E-state index contributed by atoms with van der Waals surface area (Å²) in [5.74, 6) is -0.312. The Balaban J connectivity index is 1.25. The van der Waals surface area contributed by atoms with E-state index in [-0.39, 0.29) is 17.8 Å². The van der Waals surface area contributed by atoms with Gasteiger partial charge in [-0.05, 0) is 102 Å². The molecule has 208 valence electrons. The largest absolute Gasteiger partial charge is 0.377 e. The first kappa shape index (κ1) is 28.7. The van der Waals surface area contributed by atoms with E-state index in [1.807, 2.05) is 13.8 Å². The first-order valence-electron chi connectivity index (χ1n) is 13.8.